The van der Waals surface area contributed by atoms with E-state index in [0.717, 1.165) is 30.0 Å². The summed E-state index contributed by atoms with van der Waals surface area (Å²) in [6.07, 6.45) is 1.04. The first kappa shape index (κ1) is 13.8. The van der Waals surface area contributed by atoms with E-state index in [2.05, 4.69) is 16.8 Å². The number of amidine groups is 1. The van der Waals surface area contributed by atoms with Crippen LogP contribution in [0.1, 0.15) is 30.3 Å². The molecule has 0 aliphatic carbocycles. The molecule has 5 heteroatoms. The van der Waals surface area contributed by atoms with E-state index in [-0.39, 0.29) is 18.5 Å². The van der Waals surface area contributed by atoms with Crippen LogP contribution in [0.4, 0.5) is 5.69 Å². The minimum Gasteiger partial charge on any atom is -0.394 e. The number of nitrogen functional groups attached to an aromatic ring is 1. The lowest BCUT2D eigenvalue weighted by atomic mass is 10.0. The van der Waals surface area contributed by atoms with Crippen LogP contribution in [0.2, 0.25) is 0 Å². The SMILES string of the molecule is Cc1cc(N2CCC(C)C2CO)c(C(=N)N)c(C)n1. The normalized spacial score (nSPS) is 22.8. The molecule has 2 unspecified atom stereocenters. The molecule has 1 aromatic rings. The molecular weight excluding hydrogens is 240 g/mol. The number of hydrogen-bond donors (Lipinski definition) is 3. The summed E-state index contributed by atoms with van der Waals surface area (Å²) in [4.78, 5) is 6.56. The molecular formula is C14H22N4O. The molecule has 0 saturated carbocycles. The van der Waals surface area contributed by atoms with E-state index in [0.29, 0.717) is 11.5 Å². The van der Waals surface area contributed by atoms with E-state index in [4.69, 9.17) is 11.1 Å². The van der Waals surface area contributed by atoms with Crippen molar-refractivity contribution in [1.82, 2.24) is 4.98 Å². The van der Waals surface area contributed by atoms with Gasteiger partial charge in [-0.3, -0.25) is 10.4 Å². The average molecular weight is 262 g/mol. The Hall–Kier alpha value is -1.62. The zero-order chi connectivity index (χ0) is 14.2. The van der Waals surface area contributed by atoms with Crippen molar-refractivity contribution in [3.8, 4) is 0 Å². The van der Waals surface area contributed by atoms with Gasteiger partial charge in [-0.2, -0.15) is 0 Å². The van der Waals surface area contributed by atoms with Crippen LogP contribution in [0.3, 0.4) is 0 Å². The van der Waals surface area contributed by atoms with Crippen molar-refractivity contribution in [2.75, 3.05) is 18.1 Å². The molecule has 1 saturated heterocycles. The van der Waals surface area contributed by atoms with Gasteiger partial charge in [-0.25, -0.2) is 0 Å². The lowest BCUT2D eigenvalue weighted by Crippen LogP contribution is -2.37. The molecule has 2 atom stereocenters. The summed E-state index contributed by atoms with van der Waals surface area (Å²) in [7, 11) is 0. The number of pyridine rings is 1. The number of aliphatic hydroxyl groups is 1. The van der Waals surface area contributed by atoms with E-state index in [1.807, 2.05) is 19.9 Å². The van der Waals surface area contributed by atoms with Crippen molar-refractivity contribution in [3.05, 3.63) is 23.0 Å². The molecule has 2 heterocycles. The number of rotatable bonds is 3. The summed E-state index contributed by atoms with van der Waals surface area (Å²) in [6.45, 7) is 6.97. The van der Waals surface area contributed by atoms with Crippen LogP contribution >= 0.6 is 0 Å². The highest BCUT2D eigenvalue weighted by atomic mass is 16.3. The van der Waals surface area contributed by atoms with Gasteiger partial charge in [-0.15, -0.1) is 0 Å². The van der Waals surface area contributed by atoms with Gasteiger partial charge in [0, 0.05) is 12.2 Å². The number of nitrogens with two attached hydrogens (primary N) is 1. The first-order valence-corrected chi connectivity index (χ1v) is 6.65. The summed E-state index contributed by atoms with van der Waals surface area (Å²) >= 11 is 0. The topological polar surface area (TPSA) is 86.2 Å². The van der Waals surface area contributed by atoms with Gasteiger partial charge in [-0.05, 0) is 32.3 Å². The lowest BCUT2D eigenvalue weighted by molar-refractivity contribution is 0.244. The molecule has 2 rings (SSSR count). The van der Waals surface area contributed by atoms with Crippen molar-refractivity contribution in [3.63, 3.8) is 0 Å². The Morgan fingerprint density at radius 3 is 2.84 bits per heavy atom. The van der Waals surface area contributed by atoms with Crippen molar-refractivity contribution < 1.29 is 5.11 Å². The van der Waals surface area contributed by atoms with Crippen molar-refractivity contribution >= 4 is 11.5 Å². The van der Waals surface area contributed by atoms with E-state index < -0.39 is 0 Å². The number of hydrogen-bond acceptors (Lipinski definition) is 4. The van der Waals surface area contributed by atoms with Gasteiger partial charge in [0.25, 0.3) is 0 Å². The maximum atomic E-state index is 9.59. The number of nitrogens with one attached hydrogen (secondary N) is 1. The third kappa shape index (κ3) is 2.42. The quantitative estimate of drug-likeness (QED) is 0.564. The average Bonchev–Trinajstić information content (AvgIpc) is 2.68. The van der Waals surface area contributed by atoms with Crippen LogP contribution in [0.25, 0.3) is 0 Å². The minimum absolute atomic E-state index is 0.0382. The highest BCUT2D eigenvalue weighted by Gasteiger charge is 2.32. The van der Waals surface area contributed by atoms with Gasteiger partial charge in [0.15, 0.2) is 0 Å². The maximum absolute atomic E-state index is 9.59. The van der Waals surface area contributed by atoms with E-state index in [1.165, 1.54) is 0 Å². The second-order valence-corrected chi connectivity index (χ2v) is 5.37. The monoisotopic (exact) mass is 262 g/mol. The molecule has 0 aromatic carbocycles. The Balaban J connectivity index is 2.52. The van der Waals surface area contributed by atoms with Crippen molar-refractivity contribution in [2.45, 2.75) is 33.2 Å². The van der Waals surface area contributed by atoms with Crippen molar-refractivity contribution in [2.24, 2.45) is 11.7 Å². The van der Waals surface area contributed by atoms with Gasteiger partial charge in [0.2, 0.25) is 0 Å². The van der Waals surface area contributed by atoms with Crippen LogP contribution in [-0.4, -0.2) is 35.1 Å². The van der Waals surface area contributed by atoms with Crippen LogP contribution in [0, 0.1) is 25.2 Å². The summed E-state index contributed by atoms with van der Waals surface area (Å²) in [5, 5.41) is 17.4. The molecule has 5 nitrogen and oxygen atoms in total. The zero-order valence-electron chi connectivity index (χ0n) is 11.8. The summed E-state index contributed by atoms with van der Waals surface area (Å²) in [6, 6.07) is 2.06. The van der Waals surface area contributed by atoms with Gasteiger partial charge in [0.1, 0.15) is 5.84 Å². The number of aromatic nitrogens is 1. The number of anilines is 1. The van der Waals surface area contributed by atoms with Gasteiger partial charge < -0.3 is 15.7 Å². The fraction of sp³-hybridized carbons (Fsp3) is 0.571. The Morgan fingerprint density at radius 1 is 1.58 bits per heavy atom. The van der Waals surface area contributed by atoms with E-state index >= 15 is 0 Å². The third-order valence-corrected chi connectivity index (χ3v) is 3.96. The molecule has 1 aliphatic heterocycles. The molecule has 1 aromatic heterocycles. The molecule has 0 radical (unpaired) electrons. The second kappa shape index (κ2) is 5.17. The third-order valence-electron chi connectivity index (χ3n) is 3.96. The Morgan fingerprint density at radius 2 is 2.26 bits per heavy atom. The fourth-order valence-electron chi connectivity index (χ4n) is 2.95. The maximum Gasteiger partial charge on any atom is 0.126 e. The van der Waals surface area contributed by atoms with Crippen LogP contribution in [-0.2, 0) is 0 Å². The molecule has 104 valence electrons. The zero-order valence-corrected chi connectivity index (χ0v) is 11.8. The van der Waals surface area contributed by atoms with Crippen LogP contribution in [0.15, 0.2) is 6.07 Å². The van der Waals surface area contributed by atoms with E-state index in [9.17, 15) is 5.11 Å². The second-order valence-electron chi connectivity index (χ2n) is 5.37. The number of aryl methyl sites for hydroxylation is 2. The predicted molar refractivity (Wildman–Crippen MR) is 76.7 cm³/mol. The summed E-state index contributed by atoms with van der Waals surface area (Å²) in [5.74, 6) is 0.481. The minimum atomic E-state index is 0.0382. The molecule has 0 amide bonds. The largest absolute Gasteiger partial charge is 0.394 e. The summed E-state index contributed by atoms with van der Waals surface area (Å²) in [5.41, 5.74) is 9.02. The van der Waals surface area contributed by atoms with Crippen molar-refractivity contribution in [1.29, 1.82) is 5.41 Å². The van der Waals surface area contributed by atoms with E-state index in [1.54, 1.807) is 0 Å². The number of nitrogens with zero attached hydrogens (tertiary/aromatic N) is 2. The molecule has 1 fully saturated rings. The fourth-order valence-corrected chi connectivity index (χ4v) is 2.95. The molecule has 19 heavy (non-hydrogen) atoms. The van der Waals surface area contributed by atoms with Gasteiger partial charge in [-0.1, -0.05) is 6.92 Å². The first-order valence-electron chi connectivity index (χ1n) is 6.65. The first-order chi connectivity index (χ1) is 8.95. The highest BCUT2D eigenvalue weighted by Crippen LogP contribution is 2.33. The number of aliphatic hydroxyl groups excluding tert-OH is 1. The molecule has 0 bridgehead atoms. The standard InChI is InChI=1S/C14H22N4O/c1-8-4-5-18(12(8)7-19)11-6-9(2)17-10(3)13(11)14(15)16/h6,8,12,19H,4-5,7H2,1-3H3,(H3,15,16). The van der Waals surface area contributed by atoms with Crippen LogP contribution in [0.5, 0.6) is 0 Å². The lowest BCUT2D eigenvalue weighted by Gasteiger charge is -2.29. The Kier molecular flexibility index (Phi) is 3.75. The molecule has 1 aliphatic rings. The smallest absolute Gasteiger partial charge is 0.126 e. The Bertz CT molecular complexity index is 500. The van der Waals surface area contributed by atoms with Gasteiger partial charge >= 0.3 is 0 Å². The molecule has 0 spiro atoms. The Labute approximate surface area is 114 Å². The highest BCUT2D eigenvalue weighted by molar-refractivity contribution is 6.01. The van der Waals surface area contributed by atoms with Crippen LogP contribution < -0.4 is 10.6 Å². The predicted octanol–water partition coefficient (Wildman–Crippen LogP) is 1.19. The molecule has 4 N–H and O–H groups in total. The summed E-state index contributed by atoms with van der Waals surface area (Å²) < 4.78 is 0. The van der Waals surface area contributed by atoms with Gasteiger partial charge in [0.05, 0.1) is 29.6 Å².